The van der Waals surface area contributed by atoms with Gasteiger partial charge in [0.2, 0.25) is 0 Å². The van der Waals surface area contributed by atoms with E-state index in [0.29, 0.717) is 5.92 Å². The molecule has 2 N–H and O–H groups in total. The van der Waals surface area contributed by atoms with Gasteiger partial charge < -0.3 is 9.87 Å². The summed E-state index contributed by atoms with van der Waals surface area (Å²) in [6, 6.07) is 8.87. The standard InChI is InChI=1S/C14H23N.H2OS/c1-11-6-8-13(9-7-11)12(2)10-14(3,4)15-5;1-2/h6-9,12,15H,10H2,1-5H3;1-2H. The Morgan fingerprint density at radius 1 is 1.24 bits per heavy atom. The fraction of sp³-hybridized carbons (Fsp3) is 0.571. The highest BCUT2D eigenvalue weighted by Crippen LogP contribution is 2.25. The maximum Gasteiger partial charge on any atom is 0.0127 e. The molecule has 0 spiro atoms. The molecule has 0 amide bonds. The van der Waals surface area contributed by atoms with Crippen molar-refractivity contribution in [1.29, 1.82) is 0 Å². The van der Waals surface area contributed by atoms with Crippen LogP contribution in [0.25, 0.3) is 0 Å². The van der Waals surface area contributed by atoms with E-state index in [2.05, 4.69) is 70.2 Å². The van der Waals surface area contributed by atoms with E-state index >= 15 is 0 Å². The second-order valence-electron chi connectivity index (χ2n) is 5.15. The number of nitrogens with one attached hydrogen (secondary N) is 1. The van der Waals surface area contributed by atoms with Gasteiger partial charge in [0.05, 0.1) is 0 Å². The summed E-state index contributed by atoms with van der Waals surface area (Å²) in [5, 5.41) is 3.35. The number of rotatable bonds is 4. The van der Waals surface area contributed by atoms with Crippen molar-refractivity contribution >= 4 is 12.9 Å². The van der Waals surface area contributed by atoms with Gasteiger partial charge in [-0.2, -0.15) is 0 Å². The summed E-state index contributed by atoms with van der Waals surface area (Å²) in [5.41, 5.74) is 2.98. The highest BCUT2D eigenvalue weighted by atomic mass is 32.1. The second kappa shape index (κ2) is 7.75. The van der Waals surface area contributed by atoms with Gasteiger partial charge in [-0.25, -0.2) is 0 Å². The number of hydrogen-bond donors (Lipinski definition) is 3. The Morgan fingerprint density at radius 2 is 1.71 bits per heavy atom. The van der Waals surface area contributed by atoms with Gasteiger partial charge in [-0.05, 0) is 58.6 Å². The molecule has 0 saturated carbocycles. The molecular formula is C14H25NOS. The van der Waals surface area contributed by atoms with E-state index in [1.165, 1.54) is 11.1 Å². The molecule has 17 heavy (non-hydrogen) atoms. The van der Waals surface area contributed by atoms with Gasteiger partial charge in [-0.1, -0.05) is 36.8 Å². The quantitative estimate of drug-likeness (QED) is 0.563. The van der Waals surface area contributed by atoms with Crippen LogP contribution in [-0.2, 0) is 0 Å². The lowest BCUT2D eigenvalue weighted by Gasteiger charge is -2.27. The molecule has 0 heterocycles. The largest absolute Gasteiger partial charge is 0.333 e. The number of thiol groups is 1. The molecule has 3 heteroatoms. The Hall–Kier alpha value is -0.510. The molecule has 1 unspecified atom stereocenters. The molecule has 0 bridgehead atoms. The van der Waals surface area contributed by atoms with E-state index in [9.17, 15) is 0 Å². The molecule has 1 aromatic carbocycles. The van der Waals surface area contributed by atoms with Crippen molar-refractivity contribution in [3.63, 3.8) is 0 Å². The fourth-order valence-electron chi connectivity index (χ4n) is 1.88. The van der Waals surface area contributed by atoms with Gasteiger partial charge in [0.15, 0.2) is 0 Å². The third-order valence-electron chi connectivity index (χ3n) is 3.14. The van der Waals surface area contributed by atoms with Gasteiger partial charge >= 0.3 is 0 Å². The summed E-state index contributed by atoms with van der Waals surface area (Å²) >= 11 is 2.53. The number of hydrogen-bond acceptors (Lipinski definition) is 3. The molecule has 1 atom stereocenters. The average molecular weight is 255 g/mol. The molecule has 0 aliphatic rings. The normalized spacial score (nSPS) is 12.6. The topological polar surface area (TPSA) is 32.3 Å². The monoisotopic (exact) mass is 255 g/mol. The van der Waals surface area contributed by atoms with E-state index in [1.807, 2.05) is 7.05 Å². The van der Waals surface area contributed by atoms with Gasteiger partial charge in [0.1, 0.15) is 0 Å². The van der Waals surface area contributed by atoms with E-state index in [-0.39, 0.29) is 5.54 Å². The fourth-order valence-corrected chi connectivity index (χ4v) is 1.88. The average Bonchev–Trinajstić information content (AvgIpc) is 2.32. The molecule has 0 fully saturated rings. The highest BCUT2D eigenvalue weighted by molar-refractivity contribution is 7.74. The first-order valence-electron chi connectivity index (χ1n) is 5.90. The maximum atomic E-state index is 6.69. The van der Waals surface area contributed by atoms with Crippen molar-refractivity contribution in [3.05, 3.63) is 35.4 Å². The Morgan fingerprint density at radius 3 is 2.12 bits per heavy atom. The van der Waals surface area contributed by atoms with Crippen LogP contribution in [0.4, 0.5) is 0 Å². The molecule has 0 aliphatic carbocycles. The van der Waals surface area contributed by atoms with Gasteiger partial charge in [0.25, 0.3) is 0 Å². The molecule has 98 valence electrons. The zero-order valence-electron chi connectivity index (χ0n) is 11.5. The molecule has 1 rings (SSSR count). The Bertz CT molecular complexity index is 309. The molecule has 1 aromatic rings. The zero-order valence-corrected chi connectivity index (χ0v) is 12.4. The van der Waals surface area contributed by atoms with Crippen molar-refractivity contribution in [3.8, 4) is 0 Å². The Labute approximate surface area is 111 Å². The summed E-state index contributed by atoms with van der Waals surface area (Å²) in [6.45, 7) is 8.92. The van der Waals surface area contributed by atoms with Crippen molar-refractivity contribution in [2.24, 2.45) is 0 Å². The summed E-state index contributed by atoms with van der Waals surface area (Å²) < 4.78 is 6.69. The minimum atomic E-state index is 0.213. The zero-order chi connectivity index (χ0) is 13.5. The van der Waals surface area contributed by atoms with Crippen LogP contribution in [0.1, 0.15) is 44.2 Å². The predicted molar refractivity (Wildman–Crippen MR) is 79.0 cm³/mol. The summed E-state index contributed by atoms with van der Waals surface area (Å²) in [5.74, 6) is 0.605. The van der Waals surface area contributed by atoms with Crippen molar-refractivity contribution in [1.82, 2.24) is 5.32 Å². The van der Waals surface area contributed by atoms with E-state index in [0.717, 1.165) is 6.42 Å². The van der Waals surface area contributed by atoms with E-state index in [1.54, 1.807) is 0 Å². The van der Waals surface area contributed by atoms with Crippen molar-refractivity contribution in [2.75, 3.05) is 7.05 Å². The minimum absolute atomic E-state index is 0.213. The Kier molecular flexibility index (Phi) is 7.51. The van der Waals surface area contributed by atoms with Crippen LogP contribution in [0.2, 0.25) is 0 Å². The van der Waals surface area contributed by atoms with Crippen molar-refractivity contribution in [2.45, 2.75) is 45.6 Å². The number of benzene rings is 1. The van der Waals surface area contributed by atoms with Crippen LogP contribution in [-0.4, -0.2) is 17.1 Å². The molecule has 0 aromatic heterocycles. The Balaban J connectivity index is 0.00000121. The first-order valence-corrected chi connectivity index (χ1v) is 6.30. The first-order chi connectivity index (χ1) is 7.94. The van der Waals surface area contributed by atoms with Crippen LogP contribution < -0.4 is 5.32 Å². The lowest BCUT2D eigenvalue weighted by molar-refractivity contribution is 0.367. The maximum absolute atomic E-state index is 6.69. The van der Waals surface area contributed by atoms with Crippen LogP contribution in [0.15, 0.2) is 24.3 Å². The van der Waals surface area contributed by atoms with Crippen molar-refractivity contribution < 1.29 is 4.55 Å². The smallest absolute Gasteiger partial charge is 0.0127 e. The summed E-state index contributed by atoms with van der Waals surface area (Å²) in [7, 11) is 2.03. The molecule has 0 radical (unpaired) electrons. The van der Waals surface area contributed by atoms with Crippen LogP contribution >= 0.6 is 12.9 Å². The third kappa shape index (κ3) is 6.10. The highest BCUT2D eigenvalue weighted by Gasteiger charge is 2.19. The molecular weight excluding hydrogens is 230 g/mol. The minimum Gasteiger partial charge on any atom is -0.333 e. The predicted octanol–water partition coefficient (Wildman–Crippen LogP) is 3.88. The molecule has 0 saturated heterocycles. The third-order valence-corrected chi connectivity index (χ3v) is 3.14. The molecule has 0 aliphatic heterocycles. The first kappa shape index (κ1) is 16.5. The summed E-state index contributed by atoms with van der Waals surface area (Å²) in [6.07, 6.45) is 1.16. The van der Waals surface area contributed by atoms with Gasteiger partial charge in [-0.15, -0.1) is 0 Å². The SMILES string of the molecule is CNC(C)(C)CC(C)c1ccc(C)cc1.OS. The van der Waals surface area contributed by atoms with Crippen LogP contribution in [0.3, 0.4) is 0 Å². The van der Waals surface area contributed by atoms with Crippen LogP contribution in [0, 0.1) is 6.92 Å². The summed E-state index contributed by atoms with van der Waals surface area (Å²) in [4.78, 5) is 0. The number of aryl methyl sites for hydroxylation is 1. The van der Waals surface area contributed by atoms with E-state index < -0.39 is 0 Å². The van der Waals surface area contributed by atoms with Crippen LogP contribution in [0.5, 0.6) is 0 Å². The van der Waals surface area contributed by atoms with E-state index in [4.69, 9.17) is 4.55 Å². The molecule has 2 nitrogen and oxygen atoms in total. The lowest BCUT2D eigenvalue weighted by atomic mass is 9.87. The second-order valence-corrected chi connectivity index (χ2v) is 5.15. The van der Waals surface area contributed by atoms with Gasteiger partial charge in [0, 0.05) is 5.54 Å². The lowest BCUT2D eigenvalue weighted by Crippen LogP contribution is -2.37. The van der Waals surface area contributed by atoms with Gasteiger partial charge in [-0.3, -0.25) is 0 Å².